The fourth-order valence-corrected chi connectivity index (χ4v) is 4.02. The van der Waals surface area contributed by atoms with Gasteiger partial charge in [0.05, 0.1) is 6.04 Å². The number of nitrogens with zero attached hydrogens (tertiary/aromatic N) is 3. The Morgan fingerprint density at radius 2 is 1.72 bits per heavy atom. The summed E-state index contributed by atoms with van der Waals surface area (Å²) in [6.07, 6.45) is 0. The minimum Gasteiger partial charge on any atom is -0.454 e. The molecule has 154 valence electrons. The van der Waals surface area contributed by atoms with Crippen LogP contribution in [0.5, 0.6) is 11.5 Å². The van der Waals surface area contributed by atoms with Crippen LogP contribution in [0.3, 0.4) is 0 Å². The van der Waals surface area contributed by atoms with Crippen molar-refractivity contribution in [3.8, 4) is 11.5 Å². The van der Waals surface area contributed by atoms with E-state index in [2.05, 4.69) is 34.1 Å². The Labute approximate surface area is 172 Å². The molecule has 29 heavy (non-hydrogen) atoms. The van der Waals surface area contributed by atoms with E-state index in [1.165, 1.54) is 5.56 Å². The summed E-state index contributed by atoms with van der Waals surface area (Å²) in [7, 11) is 1.89. The van der Waals surface area contributed by atoms with Gasteiger partial charge in [-0.15, -0.1) is 0 Å². The van der Waals surface area contributed by atoms with Gasteiger partial charge < -0.3 is 14.4 Å². The van der Waals surface area contributed by atoms with Crippen molar-refractivity contribution >= 4 is 5.91 Å². The van der Waals surface area contributed by atoms with E-state index in [9.17, 15) is 4.79 Å². The van der Waals surface area contributed by atoms with Crippen LogP contribution in [-0.2, 0) is 17.9 Å². The van der Waals surface area contributed by atoms with Gasteiger partial charge in [-0.05, 0) is 30.2 Å². The zero-order valence-electron chi connectivity index (χ0n) is 17.2. The first-order valence-electron chi connectivity index (χ1n) is 10.2. The predicted octanol–water partition coefficient (Wildman–Crippen LogP) is 2.58. The van der Waals surface area contributed by atoms with Crippen LogP contribution in [0, 0.1) is 0 Å². The van der Waals surface area contributed by atoms with Gasteiger partial charge in [0.25, 0.3) is 0 Å². The molecule has 1 fully saturated rings. The molecule has 0 unspecified atom stereocenters. The Kier molecular flexibility index (Phi) is 6.02. The van der Waals surface area contributed by atoms with Crippen molar-refractivity contribution in [3.05, 3.63) is 59.7 Å². The lowest BCUT2D eigenvalue weighted by molar-refractivity contribution is -0.136. The van der Waals surface area contributed by atoms with Crippen LogP contribution in [0.2, 0.25) is 0 Å². The smallest absolute Gasteiger partial charge is 0.239 e. The highest BCUT2D eigenvalue weighted by molar-refractivity contribution is 5.81. The van der Waals surface area contributed by atoms with Gasteiger partial charge in [-0.25, -0.2) is 0 Å². The zero-order chi connectivity index (χ0) is 20.2. The molecule has 0 bridgehead atoms. The van der Waals surface area contributed by atoms with Gasteiger partial charge in [-0.2, -0.15) is 0 Å². The van der Waals surface area contributed by atoms with Crippen molar-refractivity contribution in [2.24, 2.45) is 0 Å². The molecular formula is C23H29N3O3. The quantitative estimate of drug-likeness (QED) is 0.752. The molecule has 0 saturated carbocycles. The largest absolute Gasteiger partial charge is 0.454 e. The van der Waals surface area contributed by atoms with Crippen LogP contribution in [0.1, 0.15) is 18.1 Å². The van der Waals surface area contributed by atoms with Gasteiger partial charge in [0.2, 0.25) is 12.7 Å². The Bertz CT molecular complexity index is 835. The summed E-state index contributed by atoms with van der Waals surface area (Å²) < 4.78 is 10.9. The second kappa shape index (κ2) is 8.84. The number of hydrogen-bond acceptors (Lipinski definition) is 5. The topological polar surface area (TPSA) is 45.3 Å². The third-order valence-electron chi connectivity index (χ3n) is 5.79. The molecule has 0 aliphatic carbocycles. The molecule has 6 nitrogen and oxygen atoms in total. The normalized spacial score (nSPS) is 17.9. The molecule has 2 aromatic carbocycles. The van der Waals surface area contributed by atoms with E-state index in [0.29, 0.717) is 13.3 Å². The van der Waals surface area contributed by atoms with Gasteiger partial charge in [0.1, 0.15) is 0 Å². The van der Waals surface area contributed by atoms with E-state index < -0.39 is 0 Å². The van der Waals surface area contributed by atoms with E-state index >= 15 is 0 Å². The van der Waals surface area contributed by atoms with Crippen molar-refractivity contribution in [3.63, 3.8) is 0 Å². The Balaban J connectivity index is 1.26. The van der Waals surface area contributed by atoms with Gasteiger partial charge in [-0.1, -0.05) is 36.4 Å². The molecule has 1 saturated heterocycles. The van der Waals surface area contributed by atoms with Crippen molar-refractivity contribution in [2.75, 3.05) is 40.0 Å². The highest BCUT2D eigenvalue weighted by atomic mass is 16.7. The number of carbonyl (C=O) groups excluding carboxylic acids is 1. The first-order chi connectivity index (χ1) is 14.1. The summed E-state index contributed by atoms with van der Waals surface area (Å²) in [4.78, 5) is 19.4. The van der Waals surface area contributed by atoms with E-state index in [-0.39, 0.29) is 11.9 Å². The molecule has 0 N–H and O–H groups in total. The maximum Gasteiger partial charge on any atom is 0.239 e. The number of amides is 1. The molecule has 2 aliphatic rings. The lowest BCUT2D eigenvalue weighted by atomic mass is 10.1. The van der Waals surface area contributed by atoms with Crippen molar-refractivity contribution in [1.29, 1.82) is 0 Å². The molecule has 1 atom stereocenters. The molecule has 6 heteroatoms. The Hall–Kier alpha value is -2.57. The summed E-state index contributed by atoms with van der Waals surface area (Å²) in [5.41, 5.74) is 2.39. The van der Waals surface area contributed by atoms with E-state index in [1.54, 1.807) is 0 Å². The number of carbonyl (C=O) groups is 1. The van der Waals surface area contributed by atoms with Gasteiger partial charge in [0.15, 0.2) is 11.5 Å². The SMILES string of the molecule is C[C@@H](C(=O)N(C)Cc1ccccc1)N1CCN(Cc2ccc3c(c2)OCO3)CC1. The van der Waals surface area contributed by atoms with Crippen LogP contribution in [0.4, 0.5) is 0 Å². The molecule has 4 rings (SSSR count). The fraction of sp³-hybridized carbons (Fsp3) is 0.435. The molecule has 2 aromatic rings. The second-order valence-electron chi connectivity index (χ2n) is 7.86. The predicted molar refractivity (Wildman–Crippen MR) is 112 cm³/mol. The van der Waals surface area contributed by atoms with Crippen LogP contribution in [-0.4, -0.2) is 66.7 Å². The summed E-state index contributed by atoms with van der Waals surface area (Å²) in [5, 5.41) is 0. The monoisotopic (exact) mass is 395 g/mol. The summed E-state index contributed by atoms with van der Waals surface area (Å²) in [5.74, 6) is 1.84. The summed E-state index contributed by atoms with van der Waals surface area (Å²) in [6, 6.07) is 16.2. The first-order valence-corrected chi connectivity index (χ1v) is 10.2. The highest BCUT2D eigenvalue weighted by Gasteiger charge is 2.27. The number of piperazine rings is 1. The van der Waals surface area contributed by atoms with Gasteiger partial charge in [0, 0.05) is 46.3 Å². The van der Waals surface area contributed by atoms with Crippen LogP contribution in [0.25, 0.3) is 0 Å². The van der Waals surface area contributed by atoms with Crippen LogP contribution >= 0.6 is 0 Å². The zero-order valence-corrected chi connectivity index (χ0v) is 17.2. The van der Waals surface area contributed by atoms with E-state index in [0.717, 1.165) is 49.8 Å². The van der Waals surface area contributed by atoms with Gasteiger partial charge in [-0.3, -0.25) is 14.6 Å². The first kappa shape index (κ1) is 19.7. The fourth-order valence-electron chi connectivity index (χ4n) is 4.02. The van der Waals surface area contributed by atoms with E-state index in [4.69, 9.17) is 9.47 Å². The Morgan fingerprint density at radius 1 is 1.00 bits per heavy atom. The maximum atomic E-state index is 12.9. The van der Waals surface area contributed by atoms with Crippen LogP contribution < -0.4 is 9.47 Å². The van der Waals surface area contributed by atoms with Crippen molar-refractivity contribution in [2.45, 2.75) is 26.1 Å². The number of fused-ring (bicyclic) bond motifs is 1. The van der Waals surface area contributed by atoms with E-state index in [1.807, 2.05) is 43.1 Å². The molecule has 0 radical (unpaired) electrons. The average Bonchev–Trinajstić information content (AvgIpc) is 3.22. The molecule has 0 aromatic heterocycles. The molecule has 0 spiro atoms. The molecular weight excluding hydrogens is 366 g/mol. The number of hydrogen-bond donors (Lipinski definition) is 0. The maximum absolute atomic E-state index is 12.9. The van der Waals surface area contributed by atoms with Crippen LogP contribution in [0.15, 0.2) is 48.5 Å². The number of likely N-dealkylation sites (N-methyl/N-ethyl adjacent to an activating group) is 1. The summed E-state index contributed by atoms with van der Waals surface area (Å²) in [6.45, 7) is 7.57. The van der Waals surface area contributed by atoms with Gasteiger partial charge >= 0.3 is 0 Å². The third kappa shape index (κ3) is 4.71. The second-order valence-corrected chi connectivity index (χ2v) is 7.86. The highest BCUT2D eigenvalue weighted by Crippen LogP contribution is 2.32. The number of ether oxygens (including phenoxy) is 2. The number of benzene rings is 2. The van der Waals surface area contributed by atoms with Crippen molar-refractivity contribution in [1.82, 2.24) is 14.7 Å². The lowest BCUT2D eigenvalue weighted by Gasteiger charge is -2.38. The molecule has 2 aliphatic heterocycles. The summed E-state index contributed by atoms with van der Waals surface area (Å²) >= 11 is 0. The average molecular weight is 396 g/mol. The minimum absolute atomic E-state index is 0.101. The molecule has 2 heterocycles. The molecule has 1 amide bonds. The number of rotatable bonds is 6. The standard InChI is InChI=1S/C23H29N3O3/c1-18(23(27)24(2)15-19-6-4-3-5-7-19)26-12-10-25(11-13-26)16-20-8-9-21-22(14-20)29-17-28-21/h3-9,14,18H,10-13,15-17H2,1-2H3/t18-/m0/s1. The lowest BCUT2D eigenvalue weighted by Crippen LogP contribution is -2.53. The minimum atomic E-state index is -0.101. The Morgan fingerprint density at radius 3 is 2.48 bits per heavy atom. The third-order valence-corrected chi connectivity index (χ3v) is 5.79. The van der Waals surface area contributed by atoms with Crippen molar-refractivity contribution < 1.29 is 14.3 Å².